The normalized spacial score (nSPS) is 22.6. The number of halogens is 2. The summed E-state index contributed by atoms with van der Waals surface area (Å²) in [5.41, 5.74) is 1.27. The van der Waals surface area contributed by atoms with Crippen molar-refractivity contribution in [2.45, 2.75) is 33.1 Å². The Labute approximate surface area is 201 Å². The highest BCUT2D eigenvalue weighted by Crippen LogP contribution is 2.47. The van der Waals surface area contributed by atoms with Crippen LogP contribution in [0.25, 0.3) is 0 Å². The van der Waals surface area contributed by atoms with E-state index in [0.717, 1.165) is 5.75 Å². The summed E-state index contributed by atoms with van der Waals surface area (Å²) >= 11 is 8.02. The van der Waals surface area contributed by atoms with Gasteiger partial charge in [0.25, 0.3) is 0 Å². The molecule has 178 valence electrons. The Kier molecular flexibility index (Phi) is 8.23. The van der Waals surface area contributed by atoms with Crippen LogP contribution in [0.1, 0.15) is 38.7 Å². The van der Waals surface area contributed by atoms with Crippen LogP contribution in [0.5, 0.6) is 0 Å². The number of nitrogens with one attached hydrogen (secondary N) is 1. The number of ether oxygens (including phenoxy) is 2. The van der Waals surface area contributed by atoms with Gasteiger partial charge in [-0.2, -0.15) is 11.8 Å². The molecule has 3 atom stereocenters. The van der Waals surface area contributed by atoms with Crippen molar-refractivity contribution in [2.24, 2.45) is 11.8 Å². The highest BCUT2D eigenvalue weighted by molar-refractivity contribution is 7.99. The summed E-state index contributed by atoms with van der Waals surface area (Å²) < 4.78 is 25.5. The zero-order valence-corrected chi connectivity index (χ0v) is 20.6. The summed E-state index contributed by atoms with van der Waals surface area (Å²) in [6, 6.07) is 4.19. The monoisotopic (exact) mass is 495 g/mol. The first-order valence-electron chi connectivity index (χ1n) is 10.7. The van der Waals surface area contributed by atoms with Crippen molar-refractivity contribution in [1.29, 1.82) is 0 Å². The number of thioether (sulfide) groups is 1. The zero-order valence-electron chi connectivity index (χ0n) is 19.0. The van der Waals surface area contributed by atoms with Crippen molar-refractivity contribution in [2.75, 3.05) is 25.2 Å². The van der Waals surface area contributed by atoms with E-state index in [1.54, 1.807) is 25.6 Å². The molecule has 0 aromatic heterocycles. The van der Waals surface area contributed by atoms with E-state index in [0.29, 0.717) is 23.6 Å². The molecule has 0 unspecified atom stereocenters. The molecule has 0 saturated carbocycles. The fraction of sp³-hybridized carbons (Fsp3) is 0.458. The number of methoxy groups -OCH3 is 1. The van der Waals surface area contributed by atoms with Crippen molar-refractivity contribution in [1.82, 2.24) is 5.32 Å². The summed E-state index contributed by atoms with van der Waals surface area (Å²) in [5.74, 6) is -3.48. The second kappa shape index (κ2) is 10.7. The van der Waals surface area contributed by atoms with Crippen molar-refractivity contribution in [3.8, 4) is 0 Å². The van der Waals surface area contributed by atoms with Gasteiger partial charge in [0.2, 0.25) is 0 Å². The highest BCUT2D eigenvalue weighted by Gasteiger charge is 2.48. The Morgan fingerprint density at radius 1 is 1.33 bits per heavy atom. The SMILES string of the molecule is CCSCCOC(=O)C1=C(C)NC2=C(C(=O)[C@@H](C(=O)OC)[C@H](C)C2)[C@H]1c1c(F)cccc1Cl. The van der Waals surface area contributed by atoms with Gasteiger partial charge in [0.15, 0.2) is 5.78 Å². The predicted molar refractivity (Wildman–Crippen MR) is 125 cm³/mol. The average molecular weight is 496 g/mol. The minimum atomic E-state index is -1.10. The van der Waals surface area contributed by atoms with Crippen molar-refractivity contribution >= 4 is 41.1 Å². The maximum atomic E-state index is 15.1. The van der Waals surface area contributed by atoms with Gasteiger partial charge in [0.1, 0.15) is 18.3 Å². The third-order valence-corrected chi connectivity index (χ3v) is 7.11. The van der Waals surface area contributed by atoms with E-state index in [1.165, 1.54) is 25.3 Å². The first-order valence-corrected chi connectivity index (χ1v) is 12.3. The van der Waals surface area contributed by atoms with Gasteiger partial charge in [0, 0.05) is 33.3 Å². The summed E-state index contributed by atoms with van der Waals surface area (Å²) in [7, 11) is 1.22. The number of allylic oxidation sites excluding steroid dienone is 3. The van der Waals surface area contributed by atoms with Crippen molar-refractivity contribution in [3.63, 3.8) is 0 Å². The summed E-state index contributed by atoms with van der Waals surface area (Å²) in [5, 5.41) is 3.22. The topological polar surface area (TPSA) is 81.7 Å². The number of dihydropyridines is 1. The van der Waals surface area contributed by atoms with Crippen LogP contribution >= 0.6 is 23.4 Å². The number of carbonyl (C=O) groups is 3. The Morgan fingerprint density at radius 2 is 2.06 bits per heavy atom. The van der Waals surface area contributed by atoms with Gasteiger partial charge in [-0.05, 0) is 37.1 Å². The number of benzene rings is 1. The van der Waals surface area contributed by atoms with E-state index in [-0.39, 0.29) is 34.3 Å². The van der Waals surface area contributed by atoms with Crippen LogP contribution in [0, 0.1) is 17.7 Å². The smallest absolute Gasteiger partial charge is 0.336 e. The fourth-order valence-corrected chi connectivity index (χ4v) is 5.20. The zero-order chi connectivity index (χ0) is 24.3. The van der Waals surface area contributed by atoms with Crippen LogP contribution in [0.15, 0.2) is 40.7 Å². The molecule has 1 aromatic rings. The van der Waals surface area contributed by atoms with Gasteiger partial charge < -0.3 is 14.8 Å². The van der Waals surface area contributed by atoms with Gasteiger partial charge in [0.05, 0.1) is 18.6 Å². The van der Waals surface area contributed by atoms with Gasteiger partial charge in [-0.15, -0.1) is 0 Å². The largest absolute Gasteiger partial charge is 0.468 e. The van der Waals surface area contributed by atoms with Crippen LogP contribution in [-0.2, 0) is 23.9 Å². The molecule has 1 N–H and O–H groups in total. The molecule has 0 radical (unpaired) electrons. The molecule has 1 heterocycles. The first-order chi connectivity index (χ1) is 15.7. The highest BCUT2D eigenvalue weighted by atomic mass is 35.5. The van der Waals surface area contributed by atoms with E-state index in [2.05, 4.69) is 5.32 Å². The van der Waals surface area contributed by atoms with Crippen LogP contribution in [0.3, 0.4) is 0 Å². The summed E-state index contributed by atoms with van der Waals surface area (Å²) in [6.45, 7) is 5.64. The van der Waals surface area contributed by atoms with E-state index in [1.807, 2.05) is 6.92 Å². The molecule has 0 bridgehead atoms. The predicted octanol–water partition coefficient (Wildman–Crippen LogP) is 4.39. The van der Waals surface area contributed by atoms with Crippen LogP contribution < -0.4 is 5.32 Å². The van der Waals surface area contributed by atoms with E-state index in [9.17, 15) is 14.4 Å². The number of carbonyl (C=O) groups excluding carboxylic acids is 3. The molecule has 3 rings (SSSR count). The Hall–Kier alpha value is -2.32. The van der Waals surface area contributed by atoms with Gasteiger partial charge in [-0.3, -0.25) is 9.59 Å². The molecule has 2 aliphatic rings. The van der Waals surface area contributed by atoms with Crippen LogP contribution in [-0.4, -0.2) is 42.9 Å². The number of Topliss-reactive ketones (excluding diaryl/α,β-unsaturated/α-hetero) is 1. The Bertz CT molecular complexity index is 1020. The molecular weight excluding hydrogens is 469 g/mol. The van der Waals surface area contributed by atoms with Gasteiger partial charge >= 0.3 is 11.9 Å². The Morgan fingerprint density at radius 3 is 2.70 bits per heavy atom. The molecule has 0 amide bonds. The number of hydrogen-bond donors (Lipinski definition) is 1. The molecule has 1 aliphatic heterocycles. The molecule has 6 nitrogen and oxygen atoms in total. The van der Waals surface area contributed by atoms with E-state index < -0.39 is 35.4 Å². The molecule has 0 fully saturated rings. The minimum Gasteiger partial charge on any atom is -0.468 e. The third-order valence-electron chi connectivity index (χ3n) is 5.92. The minimum absolute atomic E-state index is 0.00826. The van der Waals surface area contributed by atoms with Gasteiger partial charge in [-0.1, -0.05) is 31.5 Å². The first kappa shape index (κ1) is 25.3. The molecular formula is C24H27ClFNO5S. The fourth-order valence-electron chi connectivity index (χ4n) is 4.44. The van der Waals surface area contributed by atoms with Crippen LogP contribution in [0.2, 0.25) is 5.02 Å². The lowest BCUT2D eigenvalue weighted by Gasteiger charge is -2.38. The molecule has 1 aliphatic carbocycles. The number of rotatable bonds is 7. The third kappa shape index (κ3) is 4.96. The summed E-state index contributed by atoms with van der Waals surface area (Å²) in [4.78, 5) is 39.2. The Balaban J connectivity index is 2.14. The second-order valence-corrected chi connectivity index (χ2v) is 9.80. The standard InChI is InChI=1S/C24H27ClFNO5S/c1-5-33-10-9-32-24(30)18-13(3)27-16-11-12(2)17(23(29)31-4)22(28)20(16)21(18)19-14(25)7-6-8-15(19)26/h6-8,12,17,21,27H,5,9-11H2,1-4H3/t12-,17+,21-/m1/s1. The lowest BCUT2D eigenvalue weighted by Crippen LogP contribution is -2.43. The van der Waals surface area contributed by atoms with Crippen LogP contribution in [0.4, 0.5) is 4.39 Å². The molecule has 1 aromatic carbocycles. The molecule has 9 heteroatoms. The van der Waals surface area contributed by atoms with Crippen molar-refractivity contribution in [3.05, 3.63) is 57.1 Å². The van der Waals surface area contributed by atoms with Crippen molar-refractivity contribution < 1.29 is 28.2 Å². The van der Waals surface area contributed by atoms with E-state index >= 15 is 4.39 Å². The molecule has 0 saturated heterocycles. The molecule has 33 heavy (non-hydrogen) atoms. The number of hydrogen-bond acceptors (Lipinski definition) is 7. The maximum absolute atomic E-state index is 15.1. The average Bonchev–Trinajstić information content (AvgIpc) is 2.75. The second-order valence-electron chi connectivity index (χ2n) is 8.00. The maximum Gasteiger partial charge on any atom is 0.336 e. The lowest BCUT2D eigenvalue weighted by molar-refractivity contribution is -0.151. The quantitative estimate of drug-likeness (QED) is 0.341. The van der Waals surface area contributed by atoms with Gasteiger partial charge in [-0.25, -0.2) is 9.18 Å². The number of ketones is 1. The van der Waals surface area contributed by atoms with E-state index in [4.69, 9.17) is 21.1 Å². The summed E-state index contributed by atoms with van der Waals surface area (Å²) in [6.07, 6.45) is 0.357. The molecule has 0 spiro atoms. The lowest BCUT2D eigenvalue weighted by atomic mass is 9.69. The number of esters is 2.